The van der Waals surface area contributed by atoms with Gasteiger partial charge in [-0.15, -0.1) is 16.4 Å². The Hall–Kier alpha value is -6.84. The van der Waals surface area contributed by atoms with Gasteiger partial charge in [-0.3, -0.25) is 0 Å². The van der Waals surface area contributed by atoms with Gasteiger partial charge in [0.15, 0.2) is 0 Å². The second-order valence-electron chi connectivity index (χ2n) is 22.5. The lowest BCUT2D eigenvalue weighted by Gasteiger charge is -2.37. The fourth-order valence-electron chi connectivity index (χ4n) is 13.4. The molecule has 11 aromatic rings. The molecule has 350 valence electrons. The van der Waals surface area contributed by atoms with Crippen LogP contribution in [0.15, 0.2) is 138 Å². The van der Waals surface area contributed by atoms with E-state index in [9.17, 15) is 0 Å². The molecule has 0 unspecified atom stereocenters. The quantitative estimate of drug-likeness (QED) is 0.141. The Bertz CT molecular complexity index is 4190. The van der Waals surface area contributed by atoms with E-state index in [1.807, 2.05) is 0 Å². The summed E-state index contributed by atoms with van der Waals surface area (Å²) >= 11 is 0. The molecule has 0 amide bonds. The Kier molecular flexibility index (Phi) is 13.5. The highest BCUT2D eigenvalue weighted by atomic mass is 16.3. The van der Waals surface area contributed by atoms with E-state index in [4.69, 9.17) is 4.42 Å². The molecular formula is C58H56B17NO. The van der Waals surface area contributed by atoms with Gasteiger partial charge in [-0.2, -0.15) is 0 Å². The predicted molar refractivity (Wildman–Crippen MR) is 392 cm³/mol. The molecule has 0 N–H and O–H groups in total. The van der Waals surface area contributed by atoms with Gasteiger partial charge in [0.1, 0.15) is 145 Å². The summed E-state index contributed by atoms with van der Waals surface area (Å²) < 4.78 is 6.68. The molecule has 0 saturated heterocycles. The maximum Gasteiger partial charge on any atom is 0.143 e. The first-order chi connectivity index (χ1) is 36.8. The number of nitrogens with zero attached hydrogens (tertiary/aromatic N) is 1. The minimum Gasteiger partial charge on any atom is -0.455 e. The molecule has 77 heavy (non-hydrogen) atoms. The lowest BCUT2D eigenvalue weighted by Crippen LogP contribution is -2.57. The molecule has 0 aliphatic carbocycles. The molecule has 0 radical (unpaired) electrons. The predicted octanol–water partition coefficient (Wildman–Crippen LogP) is -13.1. The van der Waals surface area contributed by atoms with Gasteiger partial charge >= 0.3 is 0 Å². The summed E-state index contributed by atoms with van der Waals surface area (Å²) in [6.45, 7) is 0. The third-order valence-corrected chi connectivity index (χ3v) is 18.8. The highest BCUT2D eigenvalue weighted by Gasteiger charge is 2.29. The first-order valence-corrected chi connectivity index (χ1v) is 27.6. The van der Waals surface area contributed by atoms with E-state index >= 15 is 0 Å². The molecule has 10 aromatic carbocycles. The zero-order chi connectivity index (χ0) is 54.6. The fourth-order valence-corrected chi connectivity index (χ4v) is 13.4. The van der Waals surface area contributed by atoms with Gasteiger partial charge in [-0.05, 0) is 91.4 Å². The van der Waals surface area contributed by atoms with Crippen LogP contribution in [-0.2, 0) is 0 Å². The molecule has 0 atom stereocenters. The molecule has 11 rings (SSSR count). The maximum absolute atomic E-state index is 6.68. The Labute approximate surface area is 471 Å². The summed E-state index contributed by atoms with van der Waals surface area (Å²) in [5.41, 5.74) is 41.1. The highest BCUT2D eigenvalue weighted by Crippen LogP contribution is 2.41. The lowest BCUT2D eigenvalue weighted by molar-refractivity contribution is 0.673. The van der Waals surface area contributed by atoms with Crippen molar-refractivity contribution < 1.29 is 4.42 Å². The van der Waals surface area contributed by atoms with Gasteiger partial charge < -0.3 is 9.32 Å². The molecule has 0 saturated carbocycles. The van der Waals surface area contributed by atoms with Crippen molar-refractivity contribution in [3.8, 4) is 55.6 Å². The Morgan fingerprint density at radius 2 is 0.714 bits per heavy atom. The van der Waals surface area contributed by atoms with Crippen LogP contribution in [0.1, 0.15) is 0 Å². The van der Waals surface area contributed by atoms with E-state index in [1.165, 1.54) is 160 Å². The van der Waals surface area contributed by atoms with Crippen LogP contribution in [0.5, 0.6) is 0 Å². The van der Waals surface area contributed by atoms with Gasteiger partial charge in [0.2, 0.25) is 0 Å². The van der Waals surface area contributed by atoms with Crippen LogP contribution in [-0.4, -0.2) is 133 Å². The van der Waals surface area contributed by atoms with E-state index < -0.39 is 0 Å². The standard InChI is InChI=1S/C58H56B17NO/c59-39-33(27-12-6-11-26(22-27)23-8-2-1-3-9-23)40(60)53(73)56(52(39)72)76(28-19-16-25(17-20-28)29-14-7-15-32-34(29)31-21-18-24-10-4-5-13-30(24)58(31)77-32)57-54(74)47(67)38(48(68)55(57)75)36-43(63)41(61)35(42(62)44(36)64)37-45(65)49(69)51(71)50(70)46(37)66/h1-22H,59-75H2. The molecule has 1 aromatic heterocycles. The summed E-state index contributed by atoms with van der Waals surface area (Å²) in [4.78, 5) is 2.61. The normalized spacial score (nSPS) is 11.5. The molecule has 0 fully saturated rings. The second-order valence-corrected chi connectivity index (χ2v) is 22.5. The van der Waals surface area contributed by atoms with E-state index in [-0.39, 0.29) is 0 Å². The summed E-state index contributed by atoms with van der Waals surface area (Å²) in [6, 6.07) is 48.6. The van der Waals surface area contributed by atoms with Gasteiger partial charge in [0.05, 0.1) is 0 Å². The maximum atomic E-state index is 6.68. The number of rotatable bonds is 8. The number of furan rings is 1. The molecule has 2 nitrogen and oxygen atoms in total. The molecule has 0 spiro atoms. The Morgan fingerprint density at radius 1 is 0.286 bits per heavy atom. The van der Waals surface area contributed by atoms with Crippen LogP contribution in [0.25, 0.3) is 88.3 Å². The lowest BCUT2D eigenvalue weighted by atomic mass is 9.55. The van der Waals surface area contributed by atoms with E-state index in [0.717, 1.165) is 38.6 Å². The number of hydrogen-bond acceptors (Lipinski definition) is 2. The second kappa shape index (κ2) is 19.9. The number of benzene rings is 10. The number of fused-ring (bicyclic) bond motifs is 5. The van der Waals surface area contributed by atoms with Crippen LogP contribution < -0.4 is 97.8 Å². The third kappa shape index (κ3) is 8.19. The van der Waals surface area contributed by atoms with E-state index in [1.54, 1.807) is 0 Å². The summed E-state index contributed by atoms with van der Waals surface area (Å²) in [5.74, 6) is 0. The third-order valence-electron chi connectivity index (χ3n) is 18.8. The Balaban J connectivity index is 1.12. The van der Waals surface area contributed by atoms with Crippen LogP contribution in [0, 0.1) is 0 Å². The average Bonchev–Trinajstić information content (AvgIpc) is 3.85. The first-order valence-electron chi connectivity index (χ1n) is 27.6. The van der Waals surface area contributed by atoms with Crippen LogP contribution in [0.3, 0.4) is 0 Å². The zero-order valence-electron chi connectivity index (χ0n) is 48.6. The van der Waals surface area contributed by atoms with Gasteiger partial charge in [-0.25, -0.2) is 0 Å². The minimum absolute atomic E-state index is 0.902. The van der Waals surface area contributed by atoms with Gasteiger partial charge in [-0.1, -0.05) is 180 Å². The molecule has 0 aliphatic heterocycles. The minimum atomic E-state index is 0.902. The topological polar surface area (TPSA) is 16.4 Å². The SMILES string of the molecule is Bc1c(B)c(B)c(-c2c(B)c(B)c(-c3c(B)c(B)c(N(c4ccc(-c5cccc6oc7c8ccccc8ccc7c56)cc4)c4c(B)c(B)c(-c5cccc(-c6ccccc6)c5)c(B)c4B)c(B)c3B)c(B)c2B)c(B)c1B. The molecule has 1 heterocycles. The monoisotopic (exact) mass is 970 g/mol. The average molecular weight is 967 g/mol. The van der Waals surface area contributed by atoms with Crippen LogP contribution in [0.2, 0.25) is 0 Å². The van der Waals surface area contributed by atoms with Crippen LogP contribution in [0.4, 0.5) is 17.1 Å². The number of anilines is 3. The smallest absolute Gasteiger partial charge is 0.143 e. The summed E-state index contributed by atoms with van der Waals surface area (Å²) in [5, 5.41) is 4.60. The van der Waals surface area contributed by atoms with Crippen molar-refractivity contribution in [3.05, 3.63) is 133 Å². The molecule has 0 aliphatic rings. The summed E-state index contributed by atoms with van der Waals surface area (Å²) in [6.07, 6.45) is 0. The van der Waals surface area contributed by atoms with Crippen LogP contribution >= 0.6 is 0 Å². The number of hydrogen-bond donors (Lipinski definition) is 0. The van der Waals surface area contributed by atoms with Crippen molar-refractivity contribution in [3.63, 3.8) is 0 Å². The van der Waals surface area contributed by atoms with E-state index in [2.05, 4.69) is 272 Å². The van der Waals surface area contributed by atoms with Crippen molar-refractivity contribution >= 4 is 276 Å². The van der Waals surface area contributed by atoms with Gasteiger partial charge in [0.25, 0.3) is 0 Å². The largest absolute Gasteiger partial charge is 0.455 e. The molecular weight excluding hydrogens is 910 g/mol. The first kappa shape index (κ1) is 52.2. The van der Waals surface area contributed by atoms with Gasteiger partial charge in [0, 0.05) is 33.2 Å². The Morgan fingerprint density at radius 3 is 1.26 bits per heavy atom. The summed E-state index contributed by atoms with van der Waals surface area (Å²) in [7, 11) is 39.8. The van der Waals surface area contributed by atoms with Crippen molar-refractivity contribution in [1.82, 2.24) is 0 Å². The zero-order valence-corrected chi connectivity index (χ0v) is 48.6. The molecule has 0 bridgehead atoms. The fraction of sp³-hybridized carbons (Fsp3) is 0. The highest BCUT2D eigenvalue weighted by molar-refractivity contribution is 6.72. The van der Waals surface area contributed by atoms with E-state index in [0.29, 0.717) is 0 Å². The van der Waals surface area contributed by atoms with Crippen molar-refractivity contribution in [2.45, 2.75) is 0 Å². The van der Waals surface area contributed by atoms with Crippen molar-refractivity contribution in [2.75, 3.05) is 4.90 Å². The molecule has 19 heteroatoms. The van der Waals surface area contributed by atoms with Crippen molar-refractivity contribution in [1.29, 1.82) is 0 Å². The van der Waals surface area contributed by atoms with Crippen molar-refractivity contribution in [2.24, 2.45) is 0 Å².